The Balaban J connectivity index is 1.78. The highest BCUT2D eigenvalue weighted by molar-refractivity contribution is 8.03. The van der Waals surface area contributed by atoms with Gasteiger partial charge in [0.2, 0.25) is 0 Å². The molecule has 132 valence electrons. The molecule has 5 heteroatoms. The van der Waals surface area contributed by atoms with Gasteiger partial charge in [-0.3, -0.25) is 9.36 Å². The molecule has 2 atom stereocenters. The standard InChI is InChI=1S/C21H20N2OS2/c1-14-8-10-17(11-9-14)26-18-13-25-21-22-15(2)12-19(24)23(21)20(18)16-6-4-3-5-7-16/h3-12,18,20H,13H2,1-2H3. The van der Waals surface area contributed by atoms with Gasteiger partial charge in [-0.2, -0.15) is 0 Å². The second-order valence-corrected chi connectivity index (χ2v) is 8.82. The second kappa shape index (κ2) is 7.33. The molecule has 26 heavy (non-hydrogen) atoms. The monoisotopic (exact) mass is 380 g/mol. The fourth-order valence-electron chi connectivity index (χ4n) is 3.26. The van der Waals surface area contributed by atoms with Crippen LogP contribution in [0.4, 0.5) is 0 Å². The average Bonchev–Trinajstić information content (AvgIpc) is 2.64. The Labute approximate surface area is 161 Å². The van der Waals surface area contributed by atoms with E-state index in [1.165, 1.54) is 10.5 Å². The molecule has 3 nitrogen and oxygen atoms in total. The Hall–Kier alpha value is -1.98. The van der Waals surface area contributed by atoms with Crippen molar-refractivity contribution in [3.05, 3.63) is 87.8 Å². The molecule has 1 aromatic heterocycles. The topological polar surface area (TPSA) is 34.9 Å². The van der Waals surface area contributed by atoms with Crippen LogP contribution in [0.1, 0.15) is 22.9 Å². The predicted octanol–water partition coefficient (Wildman–Crippen LogP) is 4.72. The van der Waals surface area contributed by atoms with Gasteiger partial charge in [-0.05, 0) is 31.5 Å². The van der Waals surface area contributed by atoms with Crippen molar-refractivity contribution >= 4 is 23.5 Å². The Morgan fingerprint density at radius 2 is 1.81 bits per heavy atom. The van der Waals surface area contributed by atoms with Crippen molar-refractivity contribution in [1.29, 1.82) is 0 Å². The molecular weight excluding hydrogens is 360 g/mol. The Morgan fingerprint density at radius 1 is 1.08 bits per heavy atom. The number of hydrogen-bond acceptors (Lipinski definition) is 4. The zero-order valence-corrected chi connectivity index (χ0v) is 16.4. The highest BCUT2D eigenvalue weighted by atomic mass is 32.2. The van der Waals surface area contributed by atoms with Crippen LogP contribution >= 0.6 is 23.5 Å². The maximum absolute atomic E-state index is 12.8. The summed E-state index contributed by atoms with van der Waals surface area (Å²) in [5.41, 5.74) is 3.23. The van der Waals surface area contributed by atoms with Gasteiger partial charge in [0.05, 0.1) is 6.04 Å². The third kappa shape index (κ3) is 3.46. The second-order valence-electron chi connectivity index (χ2n) is 6.52. The molecule has 1 aliphatic rings. The summed E-state index contributed by atoms with van der Waals surface area (Å²) in [7, 11) is 0. The molecule has 0 bridgehead atoms. The lowest BCUT2D eigenvalue weighted by Crippen LogP contribution is -2.38. The van der Waals surface area contributed by atoms with Crippen LogP contribution in [0.3, 0.4) is 0 Å². The van der Waals surface area contributed by atoms with Crippen molar-refractivity contribution in [2.24, 2.45) is 0 Å². The van der Waals surface area contributed by atoms with Gasteiger partial charge in [0.25, 0.3) is 5.56 Å². The summed E-state index contributed by atoms with van der Waals surface area (Å²) in [6.45, 7) is 3.98. The minimum absolute atomic E-state index is 0.0145. The van der Waals surface area contributed by atoms with Gasteiger partial charge in [0.15, 0.2) is 5.16 Å². The predicted molar refractivity (Wildman–Crippen MR) is 109 cm³/mol. The van der Waals surface area contributed by atoms with Crippen LogP contribution < -0.4 is 5.56 Å². The molecule has 0 amide bonds. The van der Waals surface area contributed by atoms with Gasteiger partial charge in [-0.15, -0.1) is 11.8 Å². The summed E-state index contributed by atoms with van der Waals surface area (Å²) in [6, 6.07) is 20.5. The van der Waals surface area contributed by atoms with Crippen LogP contribution in [-0.4, -0.2) is 20.6 Å². The van der Waals surface area contributed by atoms with E-state index in [2.05, 4.69) is 48.3 Å². The SMILES string of the molecule is Cc1ccc(SC2CSc3nc(C)cc(=O)n3C2c2ccccc2)cc1. The molecule has 2 heterocycles. The summed E-state index contributed by atoms with van der Waals surface area (Å²) in [5, 5.41) is 1.09. The quantitative estimate of drug-likeness (QED) is 0.616. The molecule has 0 spiro atoms. The highest BCUT2D eigenvalue weighted by Crippen LogP contribution is 2.42. The van der Waals surface area contributed by atoms with E-state index in [0.717, 1.165) is 22.2 Å². The highest BCUT2D eigenvalue weighted by Gasteiger charge is 2.33. The van der Waals surface area contributed by atoms with Crippen LogP contribution in [-0.2, 0) is 0 Å². The van der Waals surface area contributed by atoms with Gasteiger partial charge < -0.3 is 0 Å². The minimum Gasteiger partial charge on any atom is -0.279 e. The van der Waals surface area contributed by atoms with Crippen molar-refractivity contribution < 1.29 is 0 Å². The number of nitrogens with zero attached hydrogens (tertiary/aromatic N) is 2. The fourth-order valence-corrected chi connectivity index (χ4v) is 5.83. The Bertz CT molecular complexity index is 968. The molecule has 0 saturated carbocycles. The van der Waals surface area contributed by atoms with Crippen LogP contribution in [0, 0.1) is 13.8 Å². The van der Waals surface area contributed by atoms with E-state index in [1.54, 1.807) is 17.8 Å². The van der Waals surface area contributed by atoms with Crippen molar-refractivity contribution in [2.75, 3.05) is 5.75 Å². The zero-order chi connectivity index (χ0) is 18.1. The maximum atomic E-state index is 12.8. The molecule has 1 aliphatic heterocycles. The van der Waals surface area contributed by atoms with Crippen molar-refractivity contribution in [2.45, 2.75) is 35.2 Å². The van der Waals surface area contributed by atoms with Gasteiger partial charge in [-0.1, -0.05) is 59.8 Å². The maximum Gasteiger partial charge on any atom is 0.254 e. The smallest absolute Gasteiger partial charge is 0.254 e. The van der Waals surface area contributed by atoms with Crippen LogP contribution in [0.25, 0.3) is 0 Å². The number of hydrogen-bond donors (Lipinski definition) is 0. The summed E-state index contributed by atoms with van der Waals surface area (Å²) < 4.78 is 1.88. The van der Waals surface area contributed by atoms with Gasteiger partial charge in [-0.25, -0.2) is 4.98 Å². The summed E-state index contributed by atoms with van der Waals surface area (Å²) in [6.07, 6.45) is 0. The van der Waals surface area contributed by atoms with E-state index in [9.17, 15) is 4.79 Å². The molecule has 0 aliphatic carbocycles. The molecule has 3 aromatic rings. The van der Waals surface area contributed by atoms with Crippen LogP contribution in [0.5, 0.6) is 0 Å². The van der Waals surface area contributed by atoms with Crippen molar-refractivity contribution in [3.8, 4) is 0 Å². The Morgan fingerprint density at radius 3 is 2.54 bits per heavy atom. The summed E-state index contributed by atoms with van der Waals surface area (Å²) in [5.74, 6) is 0.925. The number of benzene rings is 2. The molecule has 0 fully saturated rings. The largest absolute Gasteiger partial charge is 0.279 e. The van der Waals surface area contributed by atoms with Gasteiger partial charge >= 0.3 is 0 Å². The average molecular weight is 381 g/mol. The molecule has 2 unspecified atom stereocenters. The molecule has 0 radical (unpaired) electrons. The molecule has 0 N–H and O–H groups in total. The summed E-state index contributed by atoms with van der Waals surface area (Å²) in [4.78, 5) is 18.7. The minimum atomic E-state index is -0.0145. The normalized spacial score (nSPS) is 19.2. The van der Waals surface area contributed by atoms with Gasteiger partial charge in [0, 0.05) is 27.7 Å². The lowest BCUT2D eigenvalue weighted by Gasteiger charge is -2.34. The van der Waals surface area contributed by atoms with Crippen molar-refractivity contribution in [3.63, 3.8) is 0 Å². The van der Waals surface area contributed by atoms with E-state index in [-0.39, 0.29) is 16.9 Å². The van der Waals surface area contributed by atoms with E-state index in [0.29, 0.717) is 0 Å². The van der Waals surface area contributed by atoms with Gasteiger partial charge in [0.1, 0.15) is 0 Å². The molecule has 4 rings (SSSR count). The number of rotatable bonds is 3. The van der Waals surface area contributed by atoms with E-state index in [4.69, 9.17) is 0 Å². The van der Waals surface area contributed by atoms with Crippen LogP contribution in [0.2, 0.25) is 0 Å². The van der Waals surface area contributed by atoms with Crippen LogP contribution in [0.15, 0.2) is 75.5 Å². The van der Waals surface area contributed by atoms with E-state index in [1.807, 2.05) is 41.5 Å². The first-order valence-electron chi connectivity index (χ1n) is 8.63. The number of fused-ring (bicyclic) bond motifs is 1. The number of thioether (sulfide) groups is 2. The zero-order valence-electron chi connectivity index (χ0n) is 14.8. The first-order valence-corrected chi connectivity index (χ1v) is 10.5. The lowest BCUT2D eigenvalue weighted by molar-refractivity contribution is 0.488. The lowest BCUT2D eigenvalue weighted by atomic mass is 10.0. The first-order chi connectivity index (χ1) is 12.6. The fraction of sp³-hybridized carbons (Fsp3) is 0.238. The van der Waals surface area contributed by atoms with E-state index >= 15 is 0 Å². The third-order valence-electron chi connectivity index (χ3n) is 4.50. The molecule has 2 aromatic carbocycles. The third-order valence-corrected chi connectivity index (χ3v) is 7.06. The summed E-state index contributed by atoms with van der Waals surface area (Å²) >= 11 is 3.52. The van der Waals surface area contributed by atoms with E-state index < -0.39 is 0 Å². The first kappa shape index (κ1) is 17.4. The molecule has 0 saturated heterocycles. The molecular formula is C21H20N2OS2. The number of aryl methyl sites for hydroxylation is 2. The van der Waals surface area contributed by atoms with Crippen molar-refractivity contribution in [1.82, 2.24) is 9.55 Å². The number of aromatic nitrogens is 2. The Kier molecular flexibility index (Phi) is 4.92.